The van der Waals surface area contributed by atoms with Crippen LogP contribution in [0.5, 0.6) is 0 Å². The zero-order chi connectivity index (χ0) is 13.3. The number of allylic oxidation sites excluding steroid dienone is 1. The Balaban J connectivity index is 2.30. The van der Waals surface area contributed by atoms with Gasteiger partial charge in [-0.3, -0.25) is 9.59 Å². The summed E-state index contributed by atoms with van der Waals surface area (Å²) in [6.07, 6.45) is 2.32. The van der Waals surface area contributed by atoms with Crippen LogP contribution in [0.25, 0.3) is 6.08 Å². The molecule has 0 unspecified atom stereocenters. The van der Waals surface area contributed by atoms with Crippen molar-refractivity contribution < 1.29 is 14.0 Å². The average Bonchev–Trinajstić information content (AvgIpc) is 2.24. The first-order valence-corrected chi connectivity index (χ1v) is 5.91. The first kappa shape index (κ1) is 12.7. The molecule has 94 valence electrons. The van der Waals surface area contributed by atoms with E-state index in [0.717, 1.165) is 0 Å². The third-order valence-electron chi connectivity index (χ3n) is 3.06. The average molecular weight is 246 g/mol. The first-order chi connectivity index (χ1) is 8.37. The van der Waals surface area contributed by atoms with Crippen LogP contribution in [0.1, 0.15) is 32.3 Å². The molecule has 2 rings (SSSR count). The van der Waals surface area contributed by atoms with Crippen LogP contribution >= 0.6 is 0 Å². The van der Waals surface area contributed by atoms with Crippen LogP contribution in [0, 0.1) is 11.2 Å². The summed E-state index contributed by atoms with van der Waals surface area (Å²) in [5.74, 6) is -0.583. The maximum Gasteiger partial charge on any atom is 0.167 e. The smallest absolute Gasteiger partial charge is 0.167 e. The van der Waals surface area contributed by atoms with E-state index in [4.69, 9.17) is 0 Å². The standard InChI is InChI=1S/C15H15FO2/c1-15(2)8-13(17)12(14(18)9-15)7-10-3-5-11(16)6-4-10/h3-7H,8-9H2,1-2H3. The summed E-state index contributed by atoms with van der Waals surface area (Å²) in [5.41, 5.74) is 0.655. The van der Waals surface area contributed by atoms with Gasteiger partial charge in [0.25, 0.3) is 0 Å². The van der Waals surface area contributed by atoms with Crippen LogP contribution in [0.15, 0.2) is 29.8 Å². The minimum absolute atomic E-state index is 0.124. The van der Waals surface area contributed by atoms with Gasteiger partial charge in [0.1, 0.15) is 5.82 Å². The quantitative estimate of drug-likeness (QED) is 0.563. The molecule has 1 aliphatic rings. The van der Waals surface area contributed by atoms with E-state index in [1.165, 1.54) is 12.1 Å². The minimum Gasteiger partial charge on any atom is -0.294 e. The van der Waals surface area contributed by atoms with Gasteiger partial charge < -0.3 is 0 Å². The second-order valence-electron chi connectivity index (χ2n) is 5.47. The van der Waals surface area contributed by atoms with E-state index >= 15 is 0 Å². The second kappa shape index (κ2) is 4.48. The summed E-state index contributed by atoms with van der Waals surface area (Å²) >= 11 is 0. The minimum atomic E-state index is -0.334. The van der Waals surface area contributed by atoms with E-state index in [1.54, 1.807) is 18.2 Å². The van der Waals surface area contributed by atoms with Crippen LogP contribution in [0.4, 0.5) is 4.39 Å². The van der Waals surface area contributed by atoms with Crippen molar-refractivity contribution >= 4 is 17.6 Å². The van der Waals surface area contributed by atoms with E-state index in [1.807, 2.05) is 13.8 Å². The van der Waals surface area contributed by atoms with Crippen molar-refractivity contribution in [3.8, 4) is 0 Å². The molecule has 0 atom stereocenters. The third-order valence-corrected chi connectivity index (χ3v) is 3.06. The summed E-state index contributed by atoms with van der Waals surface area (Å²) in [6, 6.07) is 5.74. The van der Waals surface area contributed by atoms with Crippen molar-refractivity contribution in [1.29, 1.82) is 0 Å². The molecule has 1 aliphatic carbocycles. The van der Waals surface area contributed by atoms with Gasteiger partial charge in [-0.2, -0.15) is 0 Å². The lowest BCUT2D eigenvalue weighted by molar-refractivity contribution is -0.127. The van der Waals surface area contributed by atoms with Crippen LogP contribution in [-0.4, -0.2) is 11.6 Å². The Bertz CT molecular complexity index is 502. The zero-order valence-corrected chi connectivity index (χ0v) is 10.5. The van der Waals surface area contributed by atoms with Crippen molar-refractivity contribution in [3.05, 3.63) is 41.2 Å². The Labute approximate surface area is 106 Å². The molecule has 1 saturated carbocycles. The molecule has 0 aliphatic heterocycles. The Morgan fingerprint density at radius 2 is 1.56 bits per heavy atom. The van der Waals surface area contributed by atoms with E-state index in [-0.39, 0.29) is 28.4 Å². The van der Waals surface area contributed by atoms with Gasteiger partial charge >= 0.3 is 0 Å². The molecule has 18 heavy (non-hydrogen) atoms. The molecular formula is C15H15FO2. The summed E-state index contributed by atoms with van der Waals surface area (Å²) in [5, 5.41) is 0. The van der Waals surface area contributed by atoms with Gasteiger partial charge in [-0.15, -0.1) is 0 Å². The number of benzene rings is 1. The Kier molecular flexibility index (Phi) is 3.16. The topological polar surface area (TPSA) is 34.1 Å². The van der Waals surface area contributed by atoms with Gasteiger partial charge in [0.2, 0.25) is 0 Å². The molecule has 0 N–H and O–H groups in total. The van der Waals surface area contributed by atoms with Crippen molar-refractivity contribution in [2.45, 2.75) is 26.7 Å². The molecule has 0 saturated heterocycles. The molecular weight excluding hydrogens is 231 g/mol. The summed E-state index contributed by atoms with van der Waals surface area (Å²) in [4.78, 5) is 23.9. The van der Waals surface area contributed by atoms with Crippen LogP contribution in [-0.2, 0) is 9.59 Å². The molecule has 1 aromatic rings. The van der Waals surface area contributed by atoms with E-state index in [2.05, 4.69) is 0 Å². The third kappa shape index (κ3) is 2.73. The molecule has 3 heteroatoms. The lowest BCUT2D eigenvalue weighted by Gasteiger charge is -2.28. The molecule has 1 fully saturated rings. The van der Waals surface area contributed by atoms with Crippen LogP contribution < -0.4 is 0 Å². The molecule has 0 radical (unpaired) electrons. The van der Waals surface area contributed by atoms with Crippen LogP contribution in [0.2, 0.25) is 0 Å². The predicted octanol–water partition coefficient (Wildman–Crippen LogP) is 3.17. The van der Waals surface area contributed by atoms with Crippen molar-refractivity contribution in [2.24, 2.45) is 5.41 Å². The Hall–Kier alpha value is -1.77. The van der Waals surface area contributed by atoms with Gasteiger partial charge in [-0.25, -0.2) is 4.39 Å². The fourth-order valence-electron chi connectivity index (χ4n) is 2.16. The number of Topliss-reactive ketones (excluding diaryl/α,β-unsaturated/α-hetero) is 2. The van der Waals surface area contributed by atoms with Gasteiger partial charge in [-0.05, 0) is 29.2 Å². The highest BCUT2D eigenvalue weighted by molar-refractivity contribution is 6.25. The molecule has 0 heterocycles. The summed E-state index contributed by atoms with van der Waals surface area (Å²) in [6.45, 7) is 3.83. The van der Waals surface area contributed by atoms with Gasteiger partial charge in [0.15, 0.2) is 11.6 Å². The maximum absolute atomic E-state index is 12.8. The number of ketones is 2. The highest BCUT2D eigenvalue weighted by Crippen LogP contribution is 2.34. The van der Waals surface area contributed by atoms with Crippen molar-refractivity contribution in [1.82, 2.24) is 0 Å². The molecule has 0 bridgehead atoms. The largest absolute Gasteiger partial charge is 0.294 e. The fraction of sp³-hybridized carbons (Fsp3) is 0.333. The predicted molar refractivity (Wildman–Crippen MR) is 67.4 cm³/mol. The number of rotatable bonds is 1. The molecule has 0 spiro atoms. The van der Waals surface area contributed by atoms with E-state index < -0.39 is 0 Å². The van der Waals surface area contributed by atoms with E-state index in [0.29, 0.717) is 18.4 Å². The first-order valence-electron chi connectivity index (χ1n) is 5.91. The highest BCUT2D eigenvalue weighted by atomic mass is 19.1. The van der Waals surface area contributed by atoms with E-state index in [9.17, 15) is 14.0 Å². The number of hydrogen-bond donors (Lipinski definition) is 0. The zero-order valence-electron chi connectivity index (χ0n) is 10.5. The lowest BCUT2D eigenvalue weighted by atomic mass is 9.74. The Morgan fingerprint density at radius 1 is 1.06 bits per heavy atom. The normalized spacial score (nSPS) is 18.9. The monoisotopic (exact) mass is 246 g/mol. The highest BCUT2D eigenvalue weighted by Gasteiger charge is 2.35. The van der Waals surface area contributed by atoms with Crippen molar-refractivity contribution in [3.63, 3.8) is 0 Å². The summed E-state index contributed by atoms with van der Waals surface area (Å²) < 4.78 is 12.8. The van der Waals surface area contributed by atoms with Gasteiger partial charge in [0.05, 0.1) is 5.57 Å². The van der Waals surface area contributed by atoms with Crippen LogP contribution in [0.3, 0.4) is 0 Å². The molecule has 0 amide bonds. The fourth-order valence-corrected chi connectivity index (χ4v) is 2.16. The van der Waals surface area contributed by atoms with Gasteiger partial charge in [0, 0.05) is 12.8 Å². The van der Waals surface area contributed by atoms with Crippen molar-refractivity contribution in [2.75, 3.05) is 0 Å². The second-order valence-corrected chi connectivity index (χ2v) is 5.47. The van der Waals surface area contributed by atoms with Gasteiger partial charge in [-0.1, -0.05) is 26.0 Å². The maximum atomic E-state index is 12.8. The number of carbonyl (C=O) groups is 2. The number of halogens is 1. The molecule has 0 aromatic heterocycles. The molecule has 1 aromatic carbocycles. The Morgan fingerprint density at radius 3 is 2.06 bits per heavy atom. The SMILES string of the molecule is CC1(C)CC(=O)C(=Cc2ccc(F)cc2)C(=O)C1. The molecule has 2 nitrogen and oxygen atoms in total. The lowest BCUT2D eigenvalue weighted by Crippen LogP contribution is -2.31. The number of hydrogen-bond acceptors (Lipinski definition) is 2. The summed E-state index contributed by atoms with van der Waals surface area (Å²) in [7, 11) is 0. The number of carbonyl (C=O) groups excluding carboxylic acids is 2.